The first-order valence-electron chi connectivity index (χ1n) is 14.1. The summed E-state index contributed by atoms with van der Waals surface area (Å²) in [6.45, 7) is 6.66. The summed E-state index contributed by atoms with van der Waals surface area (Å²) in [6, 6.07) is 13.3. The standard InChI is InChI=1S/C32H33Cl2FN4O3/c1-15(2)14-39-26-13-24(20-10-16(3)19(12-23(20)36)30(40)42-4)37-29(26)27(18-6-5-7-22(34)28(18)35)32(39)21-9-8-17(33)11-25(21)38-31(32)41/h5-12,15,24,26-27,29,37H,13-14,36H2,1-4H3,(H,38,41)/t24?,26?,27-,29+,32+/m0/s1. The van der Waals surface area contributed by atoms with Crippen LogP contribution >= 0.6 is 23.2 Å². The zero-order valence-electron chi connectivity index (χ0n) is 23.8. The maximum Gasteiger partial charge on any atom is 0.338 e. The second kappa shape index (κ2) is 10.5. The lowest BCUT2D eigenvalue weighted by Gasteiger charge is -2.41. The molecule has 0 aromatic heterocycles. The average Bonchev–Trinajstić information content (AvgIpc) is 3.56. The number of amides is 1. The summed E-state index contributed by atoms with van der Waals surface area (Å²) in [7, 11) is 1.34. The highest BCUT2D eigenvalue weighted by Gasteiger charge is 2.68. The van der Waals surface area contributed by atoms with Crippen LogP contribution in [0.15, 0.2) is 48.5 Å². The molecule has 5 atom stereocenters. The number of aryl methyl sites for hydroxylation is 1. The van der Waals surface area contributed by atoms with Crippen molar-refractivity contribution in [1.29, 1.82) is 0 Å². The number of nitrogens with two attached hydrogens (primary N) is 1. The highest BCUT2D eigenvalue weighted by molar-refractivity contribution is 6.31. The largest absolute Gasteiger partial charge is 0.465 e. The van der Waals surface area contributed by atoms with Gasteiger partial charge in [-0.3, -0.25) is 9.69 Å². The number of carbonyl (C=O) groups is 2. The van der Waals surface area contributed by atoms with Gasteiger partial charge in [-0.2, -0.15) is 0 Å². The van der Waals surface area contributed by atoms with Crippen molar-refractivity contribution in [2.75, 3.05) is 24.7 Å². The first-order chi connectivity index (χ1) is 20.0. The highest BCUT2D eigenvalue weighted by atomic mass is 35.5. The minimum Gasteiger partial charge on any atom is -0.465 e. The summed E-state index contributed by atoms with van der Waals surface area (Å²) in [4.78, 5) is 28.8. The van der Waals surface area contributed by atoms with E-state index in [9.17, 15) is 9.59 Å². The number of hydrogen-bond donors (Lipinski definition) is 3. The van der Waals surface area contributed by atoms with E-state index in [0.717, 1.165) is 16.7 Å². The number of benzene rings is 3. The van der Waals surface area contributed by atoms with E-state index in [-0.39, 0.29) is 35.0 Å². The number of nitrogens with zero attached hydrogens (tertiary/aromatic N) is 1. The molecular weight excluding hydrogens is 578 g/mol. The van der Waals surface area contributed by atoms with Crippen LogP contribution in [0.2, 0.25) is 10.0 Å². The number of nitrogens with one attached hydrogen (secondary N) is 2. The molecule has 10 heteroatoms. The second-order valence-electron chi connectivity index (χ2n) is 11.9. The fourth-order valence-electron chi connectivity index (χ4n) is 7.47. The number of carbonyl (C=O) groups excluding carboxylic acids is 2. The third-order valence-electron chi connectivity index (χ3n) is 9.02. The van der Waals surface area contributed by atoms with Gasteiger partial charge in [-0.15, -0.1) is 0 Å². The summed E-state index contributed by atoms with van der Waals surface area (Å²) in [5.74, 6) is -1.61. The summed E-state index contributed by atoms with van der Waals surface area (Å²) >= 11 is 12.7. The smallest absolute Gasteiger partial charge is 0.338 e. The molecule has 3 aliphatic heterocycles. The van der Waals surface area contributed by atoms with Gasteiger partial charge in [-0.05, 0) is 60.2 Å². The van der Waals surface area contributed by atoms with Crippen LogP contribution in [-0.2, 0) is 15.1 Å². The Morgan fingerprint density at radius 1 is 1.19 bits per heavy atom. The number of esters is 1. The van der Waals surface area contributed by atoms with E-state index in [0.29, 0.717) is 40.5 Å². The number of likely N-dealkylation sites (tertiary alicyclic amines) is 1. The van der Waals surface area contributed by atoms with Gasteiger partial charge >= 0.3 is 5.97 Å². The summed E-state index contributed by atoms with van der Waals surface area (Å²) in [5, 5.41) is 7.33. The first-order valence-corrected chi connectivity index (χ1v) is 14.8. The van der Waals surface area contributed by atoms with Gasteiger partial charge in [-0.25, -0.2) is 9.18 Å². The topological polar surface area (TPSA) is 96.7 Å². The fourth-order valence-corrected chi connectivity index (χ4v) is 7.83. The molecule has 3 aromatic carbocycles. The van der Waals surface area contributed by atoms with Gasteiger partial charge in [0.15, 0.2) is 0 Å². The Morgan fingerprint density at radius 2 is 1.95 bits per heavy atom. The Hall–Kier alpha value is -3.17. The monoisotopic (exact) mass is 610 g/mol. The molecule has 6 rings (SSSR count). The van der Waals surface area contributed by atoms with Gasteiger partial charge < -0.3 is 21.1 Å². The molecule has 7 nitrogen and oxygen atoms in total. The van der Waals surface area contributed by atoms with E-state index in [1.807, 2.05) is 19.1 Å². The Labute approximate surface area is 254 Å². The third-order valence-corrected chi connectivity index (χ3v) is 9.55. The molecule has 2 fully saturated rings. The van der Waals surface area contributed by atoms with Gasteiger partial charge in [0.25, 0.3) is 0 Å². The molecule has 3 aromatic rings. The molecular formula is C32H33Cl2FN4O3. The number of halogens is 3. The SMILES string of the molecule is COC(=O)c1cc(N)c(C2CC3[C@@H](N2)[C@H](c2cccc(Cl)c2F)[C@]2(C(=O)Nc4cc(Cl)ccc42)N3CC(C)C)cc1C. The van der Waals surface area contributed by atoms with Gasteiger partial charge in [-0.1, -0.05) is 61.3 Å². The predicted octanol–water partition coefficient (Wildman–Crippen LogP) is 6.18. The molecule has 2 saturated heterocycles. The van der Waals surface area contributed by atoms with E-state index in [2.05, 4.69) is 29.4 Å². The Balaban J connectivity index is 1.53. The number of fused-ring (bicyclic) bond motifs is 3. The van der Waals surface area contributed by atoms with Crippen LogP contribution in [0.1, 0.15) is 64.8 Å². The van der Waals surface area contributed by atoms with Gasteiger partial charge in [0.05, 0.1) is 17.7 Å². The third kappa shape index (κ3) is 4.22. The number of rotatable bonds is 5. The Morgan fingerprint density at radius 3 is 2.67 bits per heavy atom. The normalized spacial score (nSPS) is 26.5. The van der Waals surface area contributed by atoms with Crippen molar-refractivity contribution in [3.05, 3.63) is 92.2 Å². The number of methoxy groups -OCH3 is 1. The van der Waals surface area contributed by atoms with E-state index < -0.39 is 23.2 Å². The molecule has 0 aliphatic carbocycles. The average molecular weight is 612 g/mol. The minimum atomic E-state index is -1.20. The Kier molecular flexibility index (Phi) is 7.25. The zero-order valence-corrected chi connectivity index (χ0v) is 25.3. The van der Waals surface area contributed by atoms with E-state index in [1.54, 1.807) is 30.3 Å². The van der Waals surface area contributed by atoms with Gasteiger partial charge in [0, 0.05) is 52.5 Å². The van der Waals surface area contributed by atoms with Gasteiger partial charge in [0.1, 0.15) is 11.4 Å². The quantitative estimate of drug-likeness (QED) is 0.236. The number of anilines is 2. The fraction of sp³-hybridized carbons (Fsp3) is 0.375. The Bertz CT molecular complexity index is 1610. The second-order valence-corrected chi connectivity index (χ2v) is 12.8. The van der Waals surface area contributed by atoms with Crippen molar-refractivity contribution in [1.82, 2.24) is 10.2 Å². The molecule has 0 bridgehead atoms. The molecule has 1 amide bonds. The highest BCUT2D eigenvalue weighted by Crippen LogP contribution is 2.60. The van der Waals surface area contributed by atoms with Crippen LogP contribution in [0.4, 0.5) is 15.8 Å². The van der Waals surface area contributed by atoms with Crippen LogP contribution in [0, 0.1) is 18.7 Å². The zero-order chi connectivity index (χ0) is 30.1. The lowest BCUT2D eigenvalue weighted by molar-refractivity contribution is -0.128. The summed E-state index contributed by atoms with van der Waals surface area (Å²) in [6.07, 6.45) is 0.620. The number of ether oxygens (including phenoxy) is 1. The molecule has 3 heterocycles. The molecule has 0 radical (unpaired) electrons. The van der Waals surface area contributed by atoms with Crippen LogP contribution in [-0.4, -0.2) is 42.5 Å². The summed E-state index contributed by atoms with van der Waals surface area (Å²) in [5.41, 5.74) is 9.57. The van der Waals surface area contributed by atoms with Crippen molar-refractivity contribution in [3.63, 3.8) is 0 Å². The molecule has 0 saturated carbocycles. The first kappa shape index (κ1) is 28.9. The number of hydrogen-bond acceptors (Lipinski definition) is 6. The lowest BCUT2D eigenvalue weighted by atomic mass is 9.73. The summed E-state index contributed by atoms with van der Waals surface area (Å²) < 4.78 is 20.9. The van der Waals surface area contributed by atoms with E-state index in [4.69, 9.17) is 33.7 Å². The van der Waals surface area contributed by atoms with E-state index >= 15 is 4.39 Å². The number of nitrogen functional groups attached to an aromatic ring is 1. The predicted molar refractivity (Wildman–Crippen MR) is 162 cm³/mol. The van der Waals surface area contributed by atoms with Crippen LogP contribution in [0.3, 0.4) is 0 Å². The molecule has 2 unspecified atom stereocenters. The molecule has 220 valence electrons. The molecule has 3 aliphatic rings. The van der Waals surface area contributed by atoms with E-state index in [1.165, 1.54) is 13.2 Å². The van der Waals surface area contributed by atoms with Crippen molar-refractivity contribution >= 4 is 46.5 Å². The van der Waals surface area contributed by atoms with Crippen LogP contribution in [0.25, 0.3) is 0 Å². The molecule has 1 spiro atoms. The maximum atomic E-state index is 16.0. The van der Waals surface area contributed by atoms with Crippen molar-refractivity contribution in [2.45, 2.75) is 56.8 Å². The van der Waals surface area contributed by atoms with Crippen molar-refractivity contribution in [2.24, 2.45) is 5.92 Å². The lowest BCUT2D eigenvalue weighted by Crippen LogP contribution is -2.53. The molecule has 42 heavy (non-hydrogen) atoms. The maximum absolute atomic E-state index is 16.0. The minimum absolute atomic E-state index is 0.00376. The van der Waals surface area contributed by atoms with Crippen molar-refractivity contribution in [3.8, 4) is 0 Å². The van der Waals surface area contributed by atoms with Crippen LogP contribution in [0.5, 0.6) is 0 Å². The van der Waals surface area contributed by atoms with Crippen LogP contribution < -0.4 is 16.4 Å². The molecule has 4 N–H and O–H groups in total. The van der Waals surface area contributed by atoms with Gasteiger partial charge in [0.2, 0.25) is 5.91 Å². The van der Waals surface area contributed by atoms with Crippen molar-refractivity contribution < 1.29 is 18.7 Å².